The van der Waals surface area contributed by atoms with E-state index in [1.54, 1.807) is 29.3 Å². The summed E-state index contributed by atoms with van der Waals surface area (Å²) in [4.78, 5) is 30.6. The molecule has 1 aromatic heterocycles. The second-order valence-corrected chi connectivity index (χ2v) is 9.76. The van der Waals surface area contributed by atoms with Crippen molar-refractivity contribution in [2.24, 2.45) is 11.5 Å². The van der Waals surface area contributed by atoms with Gasteiger partial charge in [0.05, 0.1) is 0 Å². The van der Waals surface area contributed by atoms with E-state index in [1.807, 2.05) is 37.3 Å². The van der Waals surface area contributed by atoms with Gasteiger partial charge in [0.1, 0.15) is 12.4 Å². The normalized spacial score (nSPS) is 16.1. The maximum atomic E-state index is 12.6. The summed E-state index contributed by atoms with van der Waals surface area (Å²) in [6, 6.07) is 19.0. The summed E-state index contributed by atoms with van der Waals surface area (Å²) in [6.07, 6.45) is 3.00. The number of piperidine rings is 1. The van der Waals surface area contributed by atoms with Crippen LogP contribution in [0.2, 0.25) is 0 Å². The smallest absolute Gasteiger partial charge is 0.265 e. The summed E-state index contributed by atoms with van der Waals surface area (Å²) in [5.74, 6) is -1.05. The fourth-order valence-electron chi connectivity index (χ4n) is 4.84. The van der Waals surface area contributed by atoms with Gasteiger partial charge in [0.2, 0.25) is 11.6 Å². The van der Waals surface area contributed by atoms with Gasteiger partial charge in [0.25, 0.3) is 5.91 Å². The Bertz CT molecular complexity index is 1260. The molecule has 200 valence electrons. The Morgan fingerprint density at radius 2 is 1.82 bits per heavy atom. The maximum absolute atomic E-state index is 12.6. The van der Waals surface area contributed by atoms with Gasteiger partial charge in [0.15, 0.2) is 0 Å². The van der Waals surface area contributed by atoms with Crippen LogP contribution in [0.1, 0.15) is 45.6 Å². The quantitative estimate of drug-likeness (QED) is 0.305. The van der Waals surface area contributed by atoms with Crippen LogP contribution in [0.5, 0.6) is 5.75 Å². The molecule has 1 saturated heterocycles. The Balaban J connectivity index is 1.45. The van der Waals surface area contributed by atoms with E-state index in [4.69, 9.17) is 16.2 Å². The van der Waals surface area contributed by atoms with Gasteiger partial charge < -0.3 is 26.6 Å². The number of nitrogens with zero attached hydrogens (tertiary/aromatic N) is 2. The van der Waals surface area contributed by atoms with E-state index in [2.05, 4.69) is 22.4 Å². The van der Waals surface area contributed by atoms with Gasteiger partial charge in [0, 0.05) is 49.6 Å². The number of carbonyl (C=O) groups is 2. The van der Waals surface area contributed by atoms with Crippen molar-refractivity contribution < 1.29 is 19.4 Å². The van der Waals surface area contributed by atoms with E-state index in [1.165, 1.54) is 5.56 Å². The largest absolute Gasteiger partial charge is 0.489 e. The Hall–Kier alpha value is -3.79. The minimum atomic E-state index is -1.98. The third-order valence-corrected chi connectivity index (χ3v) is 7.00. The number of amides is 2. The Kier molecular flexibility index (Phi) is 8.73. The number of nitrogens with two attached hydrogens (primary N) is 2. The Morgan fingerprint density at radius 1 is 1.08 bits per heavy atom. The summed E-state index contributed by atoms with van der Waals surface area (Å²) in [6.45, 7) is 3.88. The molecule has 0 bridgehead atoms. The number of ether oxygens (including phenoxy) is 1. The number of aromatic nitrogens is 1. The highest BCUT2D eigenvalue weighted by Gasteiger charge is 2.43. The average Bonchev–Trinajstić information content (AvgIpc) is 2.91. The van der Waals surface area contributed by atoms with Crippen LogP contribution in [0.4, 0.5) is 0 Å². The van der Waals surface area contributed by atoms with Gasteiger partial charge in [-0.25, -0.2) is 0 Å². The van der Waals surface area contributed by atoms with Crippen molar-refractivity contribution >= 4 is 11.8 Å². The lowest BCUT2D eigenvalue weighted by Crippen LogP contribution is -2.62. The van der Waals surface area contributed by atoms with E-state index in [9.17, 15) is 14.7 Å². The zero-order valence-corrected chi connectivity index (χ0v) is 21.6. The zero-order chi connectivity index (χ0) is 27.1. The van der Waals surface area contributed by atoms with Crippen LogP contribution in [0, 0.1) is 6.92 Å². The highest BCUT2D eigenvalue weighted by molar-refractivity contribution is 5.95. The number of pyridine rings is 1. The van der Waals surface area contributed by atoms with Crippen molar-refractivity contribution in [1.29, 1.82) is 0 Å². The van der Waals surface area contributed by atoms with Gasteiger partial charge in [-0.2, -0.15) is 0 Å². The third-order valence-electron chi connectivity index (χ3n) is 7.00. The van der Waals surface area contributed by atoms with Crippen LogP contribution in [0.25, 0.3) is 0 Å². The first-order chi connectivity index (χ1) is 18.2. The minimum Gasteiger partial charge on any atom is -0.489 e. The van der Waals surface area contributed by atoms with E-state index in [-0.39, 0.29) is 18.0 Å². The molecule has 2 heterocycles. The molecular weight excluding hydrogens is 482 g/mol. The van der Waals surface area contributed by atoms with E-state index in [0.29, 0.717) is 31.0 Å². The summed E-state index contributed by atoms with van der Waals surface area (Å²) in [5, 5.41) is 15.1. The van der Waals surface area contributed by atoms with Crippen LogP contribution >= 0.6 is 0 Å². The first-order valence-corrected chi connectivity index (χ1v) is 12.8. The molecule has 0 spiro atoms. The molecule has 38 heavy (non-hydrogen) atoms. The van der Waals surface area contributed by atoms with Gasteiger partial charge in [-0.1, -0.05) is 30.3 Å². The molecular formula is C29H35N5O4. The van der Waals surface area contributed by atoms with E-state index in [0.717, 1.165) is 30.6 Å². The molecule has 2 aromatic carbocycles. The zero-order valence-electron chi connectivity index (χ0n) is 21.6. The molecule has 1 aliphatic rings. The SMILES string of the molecule is Cc1cc(COc2ccc(C(N)=O)c(C[C@](O)(C(N)=O)N3CCC(NCc4ccccc4)CC3)c2)ccn1. The molecule has 1 atom stereocenters. The number of aliphatic hydroxyl groups is 1. The van der Waals surface area contributed by atoms with Crippen LogP contribution in [0.15, 0.2) is 66.9 Å². The number of benzene rings is 2. The predicted molar refractivity (Wildman–Crippen MR) is 144 cm³/mol. The lowest BCUT2D eigenvalue weighted by molar-refractivity contribution is -0.163. The number of rotatable bonds is 11. The number of nitrogens with one attached hydrogen (secondary N) is 1. The molecule has 4 rings (SSSR count). The molecule has 1 fully saturated rings. The second-order valence-electron chi connectivity index (χ2n) is 9.76. The number of likely N-dealkylation sites (tertiary alicyclic amines) is 1. The van der Waals surface area contributed by atoms with E-state index >= 15 is 0 Å². The fourth-order valence-corrected chi connectivity index (χ4v) is 4.84. The molecule has 3 aromatic rings. The number of hydrogen-bond acceptors (Lipinski definition) is 7. The van der Waals surface area contributed by atoms with E-state index < -0.39 is 17.5 Å². The first-order valence-electron chi connectivity index (χ1n) is 12.8. The van der Waals surface area contributed by atoms with Crippen molar-refractivity contribution in [2.75, 3.05) is 13.1 Å². The summed E-state index contributed by atoms with van der Waals surface area (Å²) < 4.78 is 5.92. The van der Waals surface area contributed by atoms with Crippen molar-refractivity contribution in [3.63, 3.8) is 0 Å². The van der Waals surface area contributed by atoms with Crippen molar-refractivity contribution in [3.8, 4) is 5.75 Å². The summed E-state index contributed by atoms with van der Waals surface area (Å²) in [5.41, 5.74) is 13.0. The lowest BCUT2D eigenvalue weighted by Gasteiger charge is -2.42. The molecule has 0 unspecified atom stereocenters. The first kappa shape index (κ1) is 27.3. The fraction of sp³-hybridized carbons (Fsp3) is 0.345. The van der Waals surface area contributed by atoms with Gasteiger partial charge in [-0.15, -0.1) is 0 Å². The molecule has 1 aliphatic heterocycles. The van der Waals surface area contributed by atoms with Crippen molar-refractivity contribution in [1.82, 2.24) is 15.2 Å². The van der Waals surface area contributed by atoms with Crippen LogP contribution in [-0.4, -0.2) is 51.7 Å². The lowest BCUT2D eigenvalue weighted by atomic mass is 9.93. The molecule has 0 aliphatic carbocycles. The molecule has 0 radical (unpaired) electrons. The third kappa shape index (κ3) is 6.74. The van der Waals surface area contributed by atoms with Crippen molar-refractivity contribution in [2.45, 2.75) is 51.1 Å². The molecule has 6 N–H and O–H groups in total. The monoisotopic (exact) mass is 517 g/mol. The van der Waals surface area contributed by atoms with Crippen LogP contribution < -0.4 is 21.5 Å². The number of aryl methyl sites for hydroxylation is 1. The highest BCUT2D eigenvalue weighted by atomic mass is 16.5. The standard InChI is InChI=1S/C29H35N5O4/c1-20-15-22(9-12-32-20)19-38-25-7-8-26(27(30)35)23(16-25)17-29(37,28(31)36)34-13-10-24(11-14-34)33-18-21-5-3-2-4-6-21/h2-9,12,15-16,24,33,37H,10-11,13-14,17-19H2,1H3,(H2,30,35)(H2,31,36)/t29-/m0/s1. The van der Waals surface area contributed by atoms with Gasteiger partial charge in [-0.3, -0.25) is 19.5 Å². The topological polar surface area (TPSA) is 144 Å². The van der Waals surface area contributed by atoms with Crippen LogP contribution in [-0.2, 0) is 24.4 Å². The number of hydrogen-bond donors (Lipinski definition) is 4. The number of primary amides is 2. The Labute approximate surface area is 222 Å². The molecule has 9 nitrogen and oxygen atoms in total. The average molecular weight is 518 g/mol. The molecule has 0 saturated carbocycles. The van der Waals surface area contributed by atoms with Gasteiger partial charge >= 0.3 is 0 Å². The summed E-state index contributed by atoms with van der Waals surface area (Å²) >= 11 is 0. The second kappa shape index (κ2) is 12.2. The van der Waals surface area contributed by atoms with Crippen LogP contribution in [0.3, 0.4) is 0 Å². The number of carbonyl (C=O) groups excluding carboxylic acids is 2. The minimum absolute atomic E-state index is 0.186. The molecule has 2 amide bonds. The Morgan fingerprint density at radius 3 is 2.47 bits per heavy atom. The highest BCUT2D eigenvalue weighted by Crippen LogP contribution is 2.28. The summed E-state index contributed by atoms with van der Waals surface area (Å²) in [7, 11) is 0. The maximum Gasteiger partial charge on any atom is 0.265 e. The predicted octanol–water partition coefficient (Wildman–Crippen LogP) is 2.04. The van der Waals surface area contributed by atoms with Crippen molar-refractivity contribution in [3.05, 3.63) is 94.8 Å². The molecule has 9 heteroatoms. The van der Waals surface area contributed by atoms with Gasteiger partial charge in [-0.05, 0) is 66.8 Å².